The second kappa shape index (κ2) is 18.0. The average Bonchev–Trinajstić information content (AvgIpc) is 3.99. The van der Waals surface area contributed by atoms with Crippen LogP contribution in [0.2, 0.25) is 0 Å². The van der Waals surface area contributed by atoms with E-state index in [4.69, 9.17) is 19.7 Å². The zero-order valence-electron chi connectivity index (χ0n) is 32.6. The fraction of sp³-hybridized carbons (Fsp3) is 0.318. The van der Waals surface area contributed by atoms with E-state index in [2.05, 4.69) is 50.5 Å². The van der Waals surface area contributed by atoms with E-state index in [1.807, 2.05) is 71.6 Å². The van der Waals surface area contributed by atoms with E-state index in [0.717, 1.165) is 16.7 Å². The average molecular weight is 797 g/mol. The van der Waals surface area contributed by atoms with Crippen molar-refractivity contribution in [1.29, 1.82) is 0 Å². The number of anilines is 3. The van der Waals surface area contributed by atoms with E-state index in [-0.39, 0.29) is 36.9 Å². The number of carbonyl (C=O) groups is 2. The van der Waals surface area contributed by atoms with Crippen LogP contribution in [0.25, 0.3) is 11.2 Å². The second-order valence-electron chi connectivity index (χ2n) is 15.1. The summed E-state index contributed by atoms with van der Waals surface area (Å²) in [5.74, 6) is 0.537. The van der Waals surface area contributed by atoms with E-state index >= 15 is 0 Å². The Balaban J connectivity index is 1.04. The van der Waals surface area contributed by atoms with Crippen molar-refractivity contribution in [3.05, 3.63) is 139 Å². The van der Waals surface area contributed by atoms with Gasteiger partial charge in [0.2, 0.25) is 11.9 Å². The molecule has 3 aromatic carbocycles. The Labute approximate surface area is 341 Å². The molecule has 0 spiro atoms. The number of nitrogens with zero attached hydrogens (tertiary/aromatic N) is 6. The standard InChI is InChI=1S/C44H48N10O5/c1-28(59-26-29-12-5-2-6-13-29)42(57)50-35-22-36(39(56)38(35)55)54-27-47-37-40(46-24-34(30-14-7-3-8-15-30)31-16-9-4-10-17-31)51-43(52-41(37)54)53-21-19-33(25-53)49-44(58)48-32-18-11-20-45-23-32/h2-18,20,23,27-28,33-36,38-39,55-56H,19,21-22,24-26H2,1H3,(H,50,57)(H,46,51,52)(H2,48,49,58)/t28?,33?,35-,36+,38+,39-/m0/s1. The third-order valence-corrected chi connectivity index (χ3v) is 11.1. The van der Waals surface area contributed by atoms with Gasteiger partial charge in [-0.05, 0) is 48.6 Å². The third-order valence-electron chi connectivity index (χ3n) is 11.1. The number of amides is 3. The highest BCUT2D eigenvalue weighted by atomic mass is 16.5. The number of pyridine rings is 1. The van der Waals surface area contributed by atoms with Crippen molar-refractivity contribution < 1.29 is 24.5 Å². The Kier molecular flexibility index (Phi) is 12.0. The minimum Gasteiger partial charge on any atom is -0.388 e. The van der Waals surface area contributed by atoms with Gasteiger partial charge in [0, 0.05) is 37.8 Å². The lowest BCUT2D eigenvalue weighted by atomic mass is 9.91. The van der Waals surface area contributed by atoms with E-state index in [1.54, 1.807) is 42.3 Å². The summed E-state index contributed by atoms with van der Waals surface area (Å²) in [7, 11) is 0. The van der Waals surface area contributed by atoms with Gasteiger partial charge < -0.3 is 45.7 Å². The largest absolute Gasteiger partial charge is 0.388 e. The van der Waals surface area contributed by atoms with Crippen molar-refractivity contribution in [2.75, 3.05) is 35.2 Å². The SMILES string of the molecule is CC(OCc1ccccc1)C(=O)N[C@H]1C[C@@H](n2cnc3c(NCC(c4ccccc4)c4ccccc4)nc(N4CCC(NC(=O)Nc5cccnc5)C4)nc32)[C@H](O)[C@@H]1O. The normalized spacial score (nSPS) is 20.7. The molecule has 8 rings (SSSR count). The van der Waals surface area contributed by atoms with Crippen molar-refractivity contribution in [2.24, 2.45) is 0 Å². The lowest BCUT2D eigenvalue weighted by Crippen LogP contribution is -2.46. The van der Waals surface area contributed by atoms with Gasteiger partial charge in [-0.1, -0.05) is 91.0 Å². The van der Waals surface area contributed by atoms with Crippen molar-refractivity contribution in [1.82, 2.24) is 35.1 Å². The van der Waals surface area contributed by atoms with Gasteiger partial charge in [-0.15, -0.1) is 0 Å². The molecule has 15 nitrogen and oxygen atoms in total. The molecule has 15 heteroatoms. The van der Waals surface area contributed by atoms with Gasteiger partial charge in [-0.25, -0.2) is 9.78 Å². The number of benzene rings is 3. The number of nitrogens with one attached hydrogen (secondary N) is 4. The molecular formula is C44H48N10O5. The first-order valence-electron chi connectivity index (χ1n) is 19.9. The smallest absolute Gasteiger partial charge is 0.319 e. The monoisotopic (exact) mass is 796 g/mol. The number of aliphatic hydroxyl groups excluding tert-OH is 2. The van der Waals surface area contributed by atoms with Crippen LogP contribution in [0.15, 0.2) is 122 Å². The number of hydrogen-bond donors (Lipinski definition) is 6. The summed E-state index contributed by atoms with van der Waals surface area (Å²) in [6, 6.07) is 31.7. The van der Waals surface area contributed by atoms with Crippen molar-refractivity contribution in [3.8, 4) is 0 Å². The number of carbonyl (C=O) groups excluding carboxylic acids is 2. The summed E-state index contributed by atoms with van der Waals surface area (Å²) < 4.78 is 7.58. The Hall–Kier alpha value is -6.42. The van der Waals surface area contributed by atoms with Crippen LogP contribution in [0, 0.1) is 0 Å². The van der Waals surface area contributed by atoms with Gasteiger partial charge in [0.25, 0.3) is 0 Å². The molecular weight excluding hydrogens is 749 g/mol. The molecule has 2 fully saturated rings. The van der Waals surface area contributed by atoms with E-state index in [0.29, 0.717) is 54.7 Å². The molecule has 1 aliphatic heterocycles. The van der Waals surface area contributed by atoms with E-state index in [1.165, 1.54) is 0 Å². The predicted octanol–water partition coefficient (Wildman–Crippen LogP) is 4.62. The quantitative estimate of drug-likeness (QED) is 0.0902. The number of aliphatic hydroxyl groups is 2. The van der Waals surface area contributed by atoms with Crippen LogP contribution in [0.5, 0.6) is 0 Å². The van der Waals surface area contributed by atoms with Crippen LogP contribution in [-0.4, -0.2) is 96.7 Å². The predicted molar refractivity (Wildman–Crippen MR) is 224 cm³/mol. The molecule has 3 amide bonds. The van der Waals surface area contributed by atoms with Gasteiger partial charge in [0.15, 0.2) is 17.0 Å². The van der Waals surface area contributed by atoms with Crippen LogP contribution in [0.4, 0.5) is 22.2 Å². The Morgan fingerprint density at radius 3 is 2.29 bits per heavy atom. The summed E-state index contributed by atoms with van der Waals surface area (Å²) in [6.45, 7) is 3.46. The number of rotatable bonds is 14. The second-order valence-corrected chi connectivity index (χ2v) is 15.1. The lowest BCUT2D eigenvalue weighted by Gasteiger charge is -2.22. The summed E-state index contributed by atoms with van der Waals surface area (Å²) in [5.41, 5.74) is 4.76. The van der Waals surface area contributed by atoms with Crippen molar-refractivity contribution >= 4 is 40.6 Å². The lowest BCUT2D eigenvalue weighted by molar-refractivity contribution is -0.134. The molecule has 0 bridgehead atoms. The molecule has 6 atom stereocenters. The minimum atomic E-state index is -1.25. The molecule has 2 aliphatic rings. The first-order chi connectivity index (χ1) is 28.8. The van der Waals surface area contributed by atoms with Gasteiger partial charge >= 0.3 is 6.03 Å². The van der Waals surface area contributed by atoms with Crippen molar-refractivity contribution in [2.45, 2.75) is 68.7 Å². The third kappa shape index (κ3) is 9.17. The molecule has 0 radical (unpaired) electrons. The molecule has 1 saturated heterocycles. The number of urea groups is 1. The number of ether oxygens (including phenoxy) is 1. The Morgan fingerprint density at radius 1 is 0.881 bits per heavy atom. The van der Waals surface area contributed by atoms with Gasteiger partial charge in [0.1, 0.15) is 18.3 Å². The fourth-order valence-electron chi connectivity index (χ4n) is 7.86. The highest BCUT2D eigenvalue weighted by Crippen LogP contribution is 2.36. The number of imidazole rings is 1. The van der Waals surface area contributed by atoms with Crippen LogP contribution in [-0.2, 0) is 16.1 Å². The molecule has 6 N–H and O–H groups in total. The van der Waals surface area contributed by atoms with E-state index < -0.39 is 30.4 Å². The number of fused-ring (bicyclic) bond motifs is 1. The zero-order chi connectivity index (χ0) is 40.7. The summed E-state index contributed by atoms with van der Waals surface area (Å²) in [6.07, 6.45) is 2.45. The van der Waals surface area contributed by atoms with Crippen LogP contribution < -0.4 is 26.2 Å². The maximum Gasteiger partial charge on any atom is 0.319 e. The topological polar surface area (TPSA) is 192 Å². The molecule has 304 valence electrons. The highest BCUT2D eigenvalue weighted by molar-refractivity contribution is 5.89. The Morgan fingerprint density at radius 2 is 1.59 bits per heavy atom. The number of aromatic nitrogens is 5. The Bertz CT molecular complexity index is 2280. The first kappa shape index (κ1) is 39.4. The van der Waals surface area contributed by atoms with Gasteiger partial charge in [0.05, 0.1) is 36.9 Å². The van der Waals surface area contributed by atoms with Crippen LogP contribution in [0.3, 0.4) is 0 Å². The summed E-state index contributed by atoms with van der Waals surface area (Å²) in [4.78, 5) is 46.9. The maximum atomic E-state index is 13.2. The van der Waals surface area contributed by atoms with Gasteiger partial charge in [-0.3, -0.25) is 9.78 Å². The van der Waals surface area contributed by atoms with Crippen LogP contribution >= 0.6 is 0 Å². The highest BCUT2D eigenvalue weighted by Gasteiger charge is 2.44. The van der Waals surface area contributed by atoms with Crippen molar-refractivity contribution in [3.63, 3.8) is 0 Å². The zero-order valence-corrected chi connectivity index (χ0v) is 32.6. The fourth-order valence-corrected chi connectivity index (χ4v) is 7.86. The molecule has 6 aromatic rings. The number of hydrogen-bond acceptors (Lipinski definition) is 11. The molecule has 1 saturated carbocycles. The van der Waals surface area contributed by atoms with Gasteiger partial charge in [-0.2, -0.15) is 9.97 Å². The summed E-state index contributed by atoms with van der Waals surface area (Å²) in [5, 5.41) is 35.1. The molecule has 3 aromatic heterocycles. The molecule has 1 aliphatic carbocycles. The molecule has 4 heterocycles. The van der Waals surface area contributed by atoms with Crippen LogP contribution in [0.1, 0.15) is 48.4 Å². The molecule has 59 heavy (non-hydrogen) atoms. The minimum absolute atomic E-state index is 0.0121. The maximum absolute atomic E-state index is 13.2. The first-order valence-corrected chi connectivity index (χ1v) is 19.9. The van der Waals surface area contributed by atoms with E-state index in [9.17, 15) is 19.8 Å². The molecule has 2 unspecified atom stereocenters. The summed E-state index contributed by atoms with van der Waals surface area (Å²) >= 11 is 0.